The molecule has 8 heteroatoms. The first-order valence-corrected chi connectivity index (χ1v) is 9.02. The Morgan fingerprint density at radius 1 is 0.964 bits per heavy atom. The summed E-state index contributed by atoms with van der Waals surface area (Å²) in [5.41, 5.74) is 2.36. The number of ether oxygens (including phenoxy) is 2. The van der Waals surface area contributed by atoms with Crippen LogP contribution in [0.3, 0.4) is 0 Å². The van der Waals surface area contributed by atoms with Crippen molar-refractivity contribution < 1.29 is 14.3 Å². The molecule has 1 aromatic heterocycles. The Balaban J connectivity index is 1.30. The van der Waals surface area contributed by atoms with Crippen LogP contribution in [0.2, 0.25) is 5.02 Å². The van der Waals surface area contributed by atoms with Gasteiger partial charge in [0.25, 0.3) is 5.91 Å². The molecule has 2 N–H and O–H groups in total. The first-order valence-electron chi connectivity index (χ1n) is 8.64. The highest BCUT2D eigenvalue weighted by Crippen LogP contribution is 2.32. The fourth-order valence-corrected chi connectivity index (χ4v) is 2.78. The number of fused-ring (bicyclic) bond motifs is 1. The van der Waals surface area contributed by atoms with Crippen LogP contribution in [0.4, 0.5) is 5.95 Å². The normalized spacial score (nSPS) is 11.9. The van der Waals surface area contributed by atoms with Crippen molar-refractivity contribution >= 4 is 23.5 Å². The van der Waals surface area contributed by atoms with Crippen molar-refractivity contribution in [2.24, 2.45) is 0 Å². The predicted molar refractivity (Wildman–Crippen MR) is 105 cm³/mol. The molecule has 2 heterocycles. The second-order valence-electron chi connectivity index (χ2n) is 6.15. The monoisotopic (exact) mass is 396 g/mol. The fraction of sp³-hybridized carbons (Fsp3) is 0.150. The molecule has 0 aliphatic carbocycles. The molecule has 0 saturated heterocycles. The zero-order valence-corrected chi connectivity index (χ0v) is 15.6. The highest BCUT2D eigenvalue weighted by atomic mass is 35.5. The third-order valence-electron chi connectivity index (χ3n) is 4.17. The van der Waals surface area contributed by atoms with Crippen LogP contribution < -0.4 is 20.1 Å². The lowest BCUT2D eigenvalue weighted by molar-refractivity contribution is 0.0950. The van der Waals surface area contributed by atoms with Crippen molar-refractivity contribution in [2.45, 2.75) is 13.1 Å². The minimum absolute atomic E-state index is 0.239. The number of carbonyl (C=O) groups excluding carboxylic acids is 1. The second kappa shape index (κ2) is 8.14. The molecule has 0 unspecified atom stereocenters. The number of hydrogen-bond acceptors (Lipinski definition) is 6. The van der Waals surface area contributed by atoms with Gasteiger partial charge in [-0.1, -0.05) is 29.8 Å². The second-order valence-corrected chi connectivity index (χ2v) is 6.58. The largest absolute Gasteiger partial charge is 0.454 e. The van der Waals surface area contributed by atoms with Gasteiger partial charge in [0.05, 0.1) is 5.56 Å². The van der Waals surface area contributed by atoms with Crippen molar-refractivity contribution in [1.29, 1.82) is 0 Å². The molecule has 4 rings (SSSR count). The maximum absolute atomic E-state index is 12.2. The van der Waals surface area contributed by atoms with Crippen LogP contribution in [-0.4, -0.2) is 22.7 Å². The van der Waals surface area contributed by atoms with Gasteiger partial charge in [0.2, 0.25) is 12.7 Å². The van der Waals surface area contributed by atoms with Gasteiger partial charge in [-0.15, -0.1) is 0 Å². The standard InChI is InChI=1S/C20H17ClN4O3/c21-16-4-1-13(2-5-16)8-22-19(26)15-10-24-20(25-11-15)23-9-14-3-6-17-18(7-14)28-12-27-17/h1-7,10-11H,8-9,12H2,(H,22,26)(H,23,24,25). The number of carbonyl (C=O) groups is 1. The lowest BCUT2D eigenvalue weighted by Gasteiger charge is -2.07. The van der Waals surface area contributed by atoms with Gasteiger partial charge >= 0.3 is 0 Å². The van der Waals surface area contributed by atoms with E-state index in [1.54, 1.807) is 12.1 Å². The van der Waals surface area contributed by atoms with E-state index in [4.69, 9.17) is 21.1 Å². The lowest BCUT2D eigenvalue weighted by Crippen LogP contribution is -2.23. The molecule has 1 aliphatic heterocycles. The number of rotatable bonds is 6. The number of nitrogens with one attached hydrogen (secondary N) is 2. The molecule has 0 bridgehead atoms. The quantitative estimate of drug-likeness (QED) is 0.664. The molecule has 1 aliphatic rings. The van der Waals surface area contributed by atoms with Crippen molar-refractivity contribution in [3.8, 4) is 11.5 Å². The van der Waals surface area contributed by atoms with E-state index in [1.165, 1.54) is 12.4 Å². The Bertz CT molecular complexity index is 978. The number of anilines is 1. The van der Waals surface area contributed by atoms with Crippen molar-refractivity contribution in [3.63, 3.8) is 0 Å². The Labute approximate surface area is 166 Å². The summed E-state index contributed by atoms with van der Waals surface area (Å²) in [7, 11) is 0. The van der Waals surface area contributed by atoms with E-state index < -0.39 is 0 Å². The number of aromatic nitrogens is 2. The molecule has 0 fully saturated rings. The van der Waals surface area contributed by atoms with E-state index in [0.717, 1.165) is 22.6 Å². The predicted octanol–water partition coefficient (Wildman–Crippen LogP) is 3.40. The molecule has 3 aromatic rings. The van der Waals surface area contributed by atoms with E-state index in [0.29, 0.717) is 29.6 Å². The molecule has 28 heavy (non-hydrogen) atoms. The molecule has 0 radical (unpaired) electrons. The minimum Gasteiger partial charge on any atom is -0.454 e. The summed E-state index contributed by atoms with van der Waals surface area (Å²) in [6.07, 6.45) is 2.98. The van der Waals surface area contributed by atoms with Crippen molar-refractivity contribution in [2.75, 3.05) is 12.1 Å². The number of amides is 1. The number of benzene rings is 2. The molecule has 1 amide bonds. The van der Waals surface area contributed by atoms with Crippen LogP contribution in [0.15, 0.2) is 54.9 Å². The highest BCUT2D eigenvalue weighted by molar-refractivity contribution is 6.30. The zero-order valence-electron chi connectivity index (χ0n) is 14.8. The summed E-state index contributed by atoms with van der Waals surface area (Å²) >= 11 is 5.85. The third kappa shape index (κ3) is 4.32. The van der Waals surface area contributed by atoms with Gasteiger partial charge in [0.1, 0.15) is 0 Å². The van der Waals surface area contributed by atoms with Gasteiger partial charge in [0, 0.05) is 30.5 Å². The van der Waals surface area contributed by atoms with Gasteiger partial charge in [-0.3, -0.25) is 4.79 Å². The van der Waals surface area contributed by atoms with Crippen LogP contribution in [-0.2, 0) is 13.1 Å². The van der Waals surface area contributed by atoms with Crippen LogP contribution in [0.1, 0.15) is 21.5 Å². The van der Waals surface area contributed by atoms with Gasteiger partial charge in [-0.25, -0.2) is 9.97 Å². The van der Waals surface area contributed by atoms with Gasteiger partial charge in [-0.2, -0.15) is 0 Å². The first-order chi connectivity index (χ1) is 13.7. The number of nitrogens with zero attached hydrogens (tertiary/aromatic N) is 2. The minimum atomic E-state index is -0.239. The summed E-state index contributed by atoms with van der Waals surface area (Å²) in [6, 6.07) is 13.0. The maximum atomic E-state index is 12.2. The zero-order chi connectivity index (χ0) is 19.3. The number of hydrogen-bond donors (Lipinski definition) is 2. The van der Waals surface area contributed by atoms with Gasteiger partial charge in [0.15, 0.2) is 11.5 Å². The van der Waals surface area contributed by atoms with E-state index in [2.05, 4.69) is 20.6 Å². The molecular formula is C20H17ClN4O3. The Morgan fingerprint density at radius 3 is 2.46 bits per heavy atom. The highest BCUT2D eigenvalue weighted by Gasteiger charge is 2.13. The molecular weight excluding hydrogens is 380 g/mol. The van der Waals surface area contributed by atoms with Crippen LogP contribution >= 0.6 is 11.6 Å². The van der Waals surface area contributed by atoms with Crippen LogP contribution in [0.5, 0.6) is 11.5 Å². The summed E-state index contributed by atoms with van der Waals surface area (Å²) in [4.78, 5) is 20.6. The van der Waals surface area contributed by atoms with E-state index >= 15 is 0 Å². The smallest absolute Gasteiger partial charge is 0.254 e. The van der Waals surface area contributed by atoms with Crippen LogP contribution in [0.25, 0.3) is 0 Å². The van der Waals surface area contributed by atoms with Gasteiger partial charge in [-0.05, 0) is 35.4 Å². The van der Waals surface area contributed by atoms with E-state index in [9.17, 15) is 4.79 Å². The number of halogens is 1. The lowest BCUT2D eigenvalue weighted by atomic mass is 10.2. The molecule has 0 atom stereocenters. The SMILES string of the molecule is O=C(NCc1ccc(Cl)cc1)c1cnc(NCc2ccc3c(c2)OCO3)nc1. The van der Waals surface area contributed by atoms with E-state index in [-0.39, 0.29) is 12.7 Å². The Morgan fingerprint density at radius 2 is 1.68 bits per heavy atom. The van der Waals surface area contributed by atoms with Crippen LogP contribution in [0, 0.1) is 0 Å². The fourth-order valence-electron chi connectivity index (χ4n) is 2.66. The molecule has 0 saturated carbocycles. The van der Waals surface area contributed by atoms with Crippen molar-refractivity contribution in [1.82, 2.24) is 15.3 Å². The average Bonchev–Trinajstić information content (AvgIpc) is 3.20. The first kappa shape index (κ1) is 18.1. The molecule has 0 spiro atoms. The van der Waals surface area contributed by atoms with Gasteiger partial charge < -0.3 is 20.1 Å². The van der Waals surface area contributed by atoms with E-state index in [1.807, 2.05) is 30.3 Å². The maximum Gasteiger partial charge on any atom is 0.254 e. The summed E-state index contributed by atoms with van der Waals surface area (Å²) in [6.45, 7) is 1.18. The third-order valence-corrected chi connectivity index (χ3v) is 4.42. The van der Waals surface area contributed by atoms with Crippen molar-refractivity contribution in [3.05, 3.63) is 76.6 Å². The summed E-state index contributed by atoms with van der Waals surface area (Å²) < 4.78 is 10.7. The molecule has 2 aromatic carbocycles. The topological polar surface area (TPSA) is 85.4 Å². The summed E-state index contributed by atoms with van der Waals surface area (Å²) in [5.74, 6) is 1.67. The Kier molecular flexibility index (Phi) is 5.25. The average molecular weight is 397 g/mol. The molecule has 7 nitrogen and oxygen atoms in total. The summed E-state index contributed by atoms with van der Waals surface area (Å²) in [5, 5.41) is 6.61. The Hall–Kier alpha value is -3.32. The molecule has 142 valence electrons.